The molecule has 2 aromatic heterocycles. The zero-order valence-corrected chi connectivity index (χ0v) is 24.2. The maximum absolute atomic E-state index is 13.3. The number of nitrogens with one attached hydrogen (secondary N) is 3. The zero-order valence-electron chi connectivity index (χ0n) is 24.2. The number of nitrogens with zero attached hydrogens (tertiary/aromatic N) is 2. The summed E-state index contributed by atoms with van der Waals surface area (Å²) in [6, 6.07) is 47.7. The van der Waals surface area contributed by atoms with E-state index in [0.717, 1.165) is 66.4 Å². The van der Waals surface area contributed by atoms with Gasteiger partial charge in [-0.05, 0) is 66.7 Å². The summed E-state index contributed by atoms with van der Waals surface area (Å²) in [6.07, 6.45) is 0. The highest BCUT2D eigenvalue weighted by Crippen LogP contribution is 2.35. The van der Waals surface area contributed by atoms with E-state index in [4.69, 9.17) is 9.97 Å². The highest BCUT2D eigenvalue weighted by molar-refractivity contribution is 6.10. The molecular formula is C39H27N5O. The van der Waals surface area contributed by atoms with Crippen molar-refractivity contribution in [2.75, 3.05) is 16.0 Å². The fraction of sp³-hybridized carbons (Fsp3) is 0. The quantitative estimate of drug-likeness (QED) is 0.170. The Kier molecular flexibility index (Phi) is 6.50. The molecule has 3 N–H and O–H groups in total. The van der Waals surface area contributed by atoms with Crippen molar-refractivity contribution < 1.29 is 4.79 Å². The van der Waals surface area contributed by atoms with Crippen LogP contribution < -0.4 is 16.0 Å². The molecule has 6 aromatic carbocycles. The van der Waals surface area contributed by atoms with E-state index < -0.39 is 0 Å². The summed E-state index contributed by atoms with van der Waals surface area (Å²) in [5.41, 5.74) is 8.69. The van der Waals surface area contributed by atoms with Crippen molar-refractivity contribution in [1.82, 2.24) is 9.97 Å². The minimum atomic E-state index is -0.182. The first-order chi connectivity index (χ1) is 22.2. The molecule has 0 aliphatic heterocycles. The van der Waals surface area contributed by atoms with E-state index in [0.29, 0.717) is 11.3 Å². The first-order valence-electron chi connectivity index (χ1n) is 14.8. The van der Waals surface area contributed by atoms with Crippen molar-refractivity contribution in [3.05, 3.63) is 151 Å². The van der Waals surface area contributed by atoms with Gasteiger partial charge >= 0.3 is 0 Å². The number of pyridine rings is 2. The van der Waals surface area contributed by atoms with Crippen LogP contribution in [0.3, 0.4) is 0 Å². The van der Waals surface area contributed by atoms with Gasteiger partial charge in [0.05, 0.1) is 33.4 Å². The Morgan fingerprint density at radius 2 is 0.844 bits per heavy atom. The van der Waals surface area contributed by atoms with Crippen LogP contribution in [0.4, 0.5) is 28.4 Å². The van der Waals surface area contributed by atoms with Gasteiger partial charge in [-0.3, -0.25) is 4.79 Å². The maximum Gasteiger partial charge on any atom is 0.255 e. The molecule has 0 spiro atoms. The standard InChI is InChI=1S/C39H27N5O/c45-39(25-20-22-26(23-21-25)40-37-29-12-1-5-16-33(29)43-34-17-6-2-13-30(34)37)42-28-11-9-10-27(24-28)41-38-31-14-3-7-18-35(31)44-36-19-8-4-15-32(36)38/h1-24H,(H,40,43)(H,41,44)(H,42,45). The average Bonchev–Trinajstić information content (AvgIpc) is 3.08. The topological polar surface area (TPSA) is 78.9 Å². The minimum absolute atomic E-state index is 0.182. The fourth-order valence-electron chi connectivity index (χ4n) is 5.82. The lowest BCUT2D eigenvalue weighted by Crippen LogP contribution is -2.12. The van der Waals surface area contributed by atoms with Gasteiger partial charge in [-0.1, -0.05) is 78.9 Å². The van der Waals surface area contributed by atoms with Crippen LogP contribution in [0.25, 0.3) is 43.6 Å². The SMILES string of the molecule is O=C(Nc1cccc(Nc2c3ccccc3nc3ccccc23)c1)c1ccc(Nc2c3ccccc3nc3ccccc23)cc1. The monoisotopic (exact) mass is 581 g/mol. The van der Waals surface area contributed by atoms with Gasteiger partial charge in [0.25, 0.3) is 5.91 Å². The largest absolute Gasteiger partial charge is 0.354 e. The number of fused-ring (bicyclic) bond motifs is 4. The van der Waals surface area contributed by atoms with E-state index in [1.54, 1.807) is 0 Å². The van der Waals surface area contributed by atoms with Crippen LogP contribution in [0.15, 0.2) is 146 Å². The van der Waals surface area contributed by atoms with Gasteiger partial charge in [-0.2, -0.15) is 0 Å². The molecule has 6 nitrogen and oxygen atoms in total. The molecule has 1 amide bonds. The number of amides is 1. The van der Waals surface area contributed by atoms with Crippen LogP contribution >= 0.6 is 0 Å². The molecule has 2 heterocycles. The molecule has 0 aliphatic rings. The molecule has 214 valence electrons. The number of hydrogen-bond donors (Lipinski definition) is 3. The summed E-state index contributed by atoms with van der Waals surface area (Å²) >= 11 is 0. The number of aromatic nitrogens is 2. The van der Waals surface area contributed by atoms with Crippen LogP contribution in [-0.2, 0) is 0 Å². The van der Waals surface area contributed by atoms with Crippen molar-refractivity contribution in [1.29, 1.82) is 0 Å². The molecule has 6 heteroatoms. The van der Waals surface area contributed by atoms with Crippen molar-refractivity contribution >= 4 is 78.0 Å². The van der Waals surface area contributed by atoms with Gasteiger partial charge in [0, 0.05) is 44.2 Å². The van der Waals surface area contributed by atoms with Gasteiger partial charge in [0.1, 0.15) is 0 Å². The Labute approximate surface area is 259 Å². The van der Waals surface area contributed by atoms with E-state index in [1.165, 1.54) is 0 Å². The van der Waals surface area contributed by atoms with Gasteiger partial charge in [0.2, 0.25) is 0 Å². The van der Waals surface area contributed by atoms with Crippen LogP contribution in [0.5, 0.6) is 0 Å². The third-order valence-corrected chi connectivity index (χ3v) is 7.98. The predicted molar refractivity (Wildman–Crippen MR) is 186 cm³/mol. The number of rotatable bonds is 6. The normalized spacial score (nSPS) is 11.2. The lowest BCUT2D eigenvalue weighted by molar-refractivity contribution is 0.102. The van der Waals surface area contributed by atoms with Gasteiger partial charge in [0.15, 0.2) is 0 Å². The van der Waals surface area contributed by atoms with E-state index >= 15 is 0 Å². The summed E-state index contributed by atoms with van der Waals surface area (Å²) in [5, 5.41) is 14.4. The van der Waals surface area contributed by atoms with E-state index in [9.17, 15) is 4.79 Å². The molecule has 0 unspecified atom stereocenters. The second-order valence-corrected chi connectivity index (χ2v) is 10.9. The summed E-state index contributed by atoms with van der Waals surface area (Å²) in [5.74, 6) is -0.182. The van der Waals surface area contributed by atoms with Gasteiger partial charge in [-0.15, -0.1) is 0 Å². The summed E-state index contributed by atoms with van der Waals surface area (Å²) < 4.78 is 0. The lowest BCUT2D eigenvalue weighted by atomic mass is 10.1. The minimum Gasteiger partial charge on any atom is -0.354 e. The summed E-state index contributed by atoms with van der Waals surface area (Å²) in [6.45, 7) is 0. The van der Waals surface area contributed by atoms with Crippen LogP contribution in [0, 0.1) is 0 Å². The molecule has 8 aromatic rings. The van der Waals surface area contributed by atoms with Gasteiger partial charge in [-0.25, -0.2) is 9.97 Å². The molecular weight excluding hydrogens is 554 g/mol. The van der Waals surface area contributed by atoms with Crippen molar-refractivity contribution in [2.45, 2.75) is 0 Å². The highest BCUT2D eigenvalue weighted by Gasteiger charge is 2.12. The number of anilines is 5. The first-order valence-corrected chi connectivity index (χ1v) is 14.8. The number of hydrogen-bond acceptors (Lipinski definition) is 5. The summed E-state index contributed by atoms with van der Waals surface area (Å²) in [7, 11) is 0. The number of carbonyl (C=O) groups is 1. The smallest absolute Gasteiger partial charge is 0.255 e. The second-order valence-electron chi connectivity index (χ2n) is 10.9. The molecule has 0 atom stereocenters. The zero-order chi connectivity index (χ0) is 30.2. The molecule has 0 radical (unpaired) electrons. The summed E-state index contributed by atoms with van der Waals surface area (Å²) in [4.78, 5) is 22.9. The highest BCUT2D eigenvalue weighted by atomic mass is 16.1. The van der Waals surface area contributed by atoms with Crippen molar-refractivity contribution in [3.63, 3.8) is 0 Å². The van der Waals surface area contributed by atoms with Crippen molar-refractivity contribution in [3.8, 4) is 0 Å². The molecule has 0 aliphatic carbocycles. The maximum atomic E-state index is 13.3. The van der Waals surface area contributed by atoms with Crippen LogP contribution in [0.1, 0.15) is 10.4 Å². The predicted octanol–water partition coefficient (Wildman–Crippen LogP) is 9.83. The Morgan fingerprint density at radius 3 is 1.33 bits per heavy atom. The third kappa shape index (κ3) is 5.04. The Morgan fingerprint density at radius 1 is 0.422 bits per heavy atom. The number of carbonyl (C=O) groups excluding carboxylic acids is 1. The number of benzene rings is 6. The Hall–Kier alpha value is -6.27. The second kappa shape index (κ2) is 11.1. The molecule has 0 fully saturated rings. The average molecular weight is 582 g/mol. The van der Waals surface area contributed by atoms with Crippen LogP contribution in [0.2, 0.25) is 0 Å². The molecule has 8 rings (SSSR count). The molecule has 45 heavy (non-hydrogen) atoms. The van der Waals surface area contributed by atoms with E-state index in [2.05, 4.69) is 40.2 Å². The fourth-order valence-corrected chi connectivity index (χ4v) is 5.82. The lowest BCUT2D eigenvalue weighted by Gasteiger charge is -2.15. The first kappa shape index (κ1) is 26.4. The van der Waals surface area contributed by atoms with E-state index in [-0.39, 0.29) is 5.91 Å². The van der Waals surface area contributed by atoms with E-state index in [1.807, 2.05) is 121 Å². The van der Waals surface area contributed by atoms with Crippen molar-refractivity contribution in [2.24, 2.45) is 0 Å². The molecule has 0 bridgehead atoms. The third-order valence-electron chi connectivity index (χ3n) is 7.98. The van der Waals surface area contributed by atoms with Crippen LogP contribution in [-0.4, -0.2) is 15.9 Å². The Balaban J connectivity index is 1.03. The number of para-hydroxylation sites is 4. The molecule has 0 saturated carbocycles. The van der Waals surface area contributed by atoms with Gasteiger partial charge < -0.3 is 16.0 Å². The Bertz CT molecular complexity index is 2280. The molecule has 0 saturated heterocycles.